The van der Waals surface area contributed by atoms with Crippen molar-refractivity contribution in [3.05, 3.63) is 71.3 Å². The van der Waals surface area contributed by atoms with Gasteiger partial charge in [-0.05, 0) is 23.3 Å². The number of carboxylic acids is 1. The van der Waals surface area contributed by atoms with Crippen LogP contribution in [0, 0.1) is 0 Å². The highest BCUT2D eigenvalue weighted by atomic mass is 16.4. The fourth-order valence-electron chi connectivity index (χ4n) is 3.56. The van der Waals surface area contributed by atoms with Crippen molar-refractivity contribution in [2.24, 2.45) is 11.5 Å². The molecule has 2 aromatic rings. The first kappa shape index (κ1) is 28.1. The normalized spacial score (nSPS) is 11.3. The van der Waals surface area contributed by atoms with Gasteiger partial charge in [0.15, 0.2) is 0 Å². The third kappa shape index (κ3) is 8.29. The van der Waals surface area contributed by atoms with Gasteiger partial charge < -0.3 is 26.8 Å². The number of carbonyl (C=O) groups excluding carboxylic acids is 4. The zero-order valence-corrected chi connectivity index (χ0v) is 20.1. The number of imide groups is 1. The molecule has 0 saturated carbocycles. The van der Waals surface area contributed by atoms with Gasteiger partial charge in [-0.3, -0.25) is 28.9 Å². The van der Waals surface area contributed by atoms with Crippen molar-refractivity contribution in [1.82, 2.24) is 15.1 Å². The molecule has 36 heavy (non-hydrogen) atoms. The monoisotopic (exact) mass is 497 g/mol. The molecule has 0 fully saturated rings. The SMILES string of the molecule is CC(=O)N[C@@H](Cc1ccccc1)C(=O)N(CCN(C(=O)CN)C(=O)c1ccc(CN)cc1)CC(=O)O. The van der Waals surface area contributed by atoms with E-state index in [0.29, 0.717) is 0 Å². The molecular weight excluding hydrogens is 466 g/mol. The smallest absolute Gasteiger partial charge is 0.323 e. The van der Waals surface area contributed by atoms with Crippen molar-refractivity contribution in [3.63, 3.8) is 0 Å². The minimum atomic E-state index is -1.29. The van der Waals surface area contributed by atoms with Gasteiger partial charge in [0.25, 0.3) is 5.91 Å². The maximum Gasteiger partial charge on any atom is 0.323 e. The number of amides is 4. The van der Waals surface area contributed by atoms with E-state index in [4.69, 9.17) is 11.5 Å². The molecule has 0 spiro atoms. The summed E-state index contributed by atoms with van der Waals surface area (Å²) in [7, 11) is 0. The number of nitrogens with two attached hydrogens (primary N) is 2. The highest BCUT2D eigenvalue weighted by Crippen LogP contribution is 2.10. The summed E-state index contributed by atoms with van der Waals surface area (Å²) in [5, 5.41) is 11.9. The van der Waals surface area contributed by atoms with Gasteiger partial charge in [0.1, 0.15) is 12.6 Å². The summed E-state index contributed by atoms with van der Waals surface area (Å²) in [6.07, 6.45) is 0.132. The fourth-order valence-corrected chi connectivity index (χ4v) is 3.56. The largest absolute Gasteiger partial charge is 0.480 e. The summed E-state index contributed by atoms with van der Waals surface area (Å²) in [5.41, 5.74) is 12.8. The zero-order chi connectivity index (χ0) is 26.7. The van der Waals surface area contributed by atoms with Crippen molar-refractivity contribution in [3.8, 4) is 0 Å². The van der Waals surface area contributed by atoms with E-state index in [1.807, 2.05) is 0 Å². The van der Waals surface area contributed by atoms with Gasteiger partial charge in [-0.2, -0.15) is 0 Å². The second kappa shape index (κ2) is 13.7. The van der Waals surface area contributed by atoms with Crippen LogP contribution in [0.2, 0.25) is 0 Å². The first-order valence-corrected chi connectivity index (χ1v) is 11.3. The van der Waals surface area contributed by atoms with Crippen molar-refractivity contribution in [2.45, 2.75) is 25.9 Å². The average molecular weight is 498 g/mol. The summed E-state index contributed by atoms with van der Waals surface area (Å²) < 4.78 is 0. The fraction of sp³-hybridized carbons (Fsp3) is 0.320. The molecule has 0 radical (unpaired) electrons. The predicted octanol–water partition coefficient (Wildman–Crippen LogP) is -0.267. The lowest BCUT2D eigenvalue weighted by Crippen LogP contribution is -2.53. The van der Waals surface area contributed by atoms with Crippen LogP contribution in [0.3, 0.4) is 0 Å². The minimum absolute atomic E-state index is 0.132. The van der Waals surface area contributed by atoms with E-state index in [9.17, 15) is 29.1 Å². The molecular formula is C25H31N5O6. The first-order chi connectivity index (χ1) is 17.2. The Hall–Kier alpha value is -4.09. The Kier molecular flexibility index (Phi) is 10.7. The van der Waals surface area contributed by atoms with E-state index < -0.39 is 48.7 Å². The van der Waals surface area contributed by atoms with E-state index >= 15 is 0 Å². The van der Waals surface area contributed by atoms with E-state index in [1.165, 1.54) is 19.1 Å². The summed E-state index contributed by atoms with van der Waals surface area (Å²) >= 11 is 0. The third-order valence-corrected chi connectivity index (χ3v) is 5.35. The number of hydrogen-bond donors (Lipinski definition) is 4. The second-order valence-corrected chi connectivity index (χ2v) is 8.05. The molecule has 6 N–H and O–H groups in total. The third-order valence-electron chi connectivity index (χ3n) is 5.35. The molecule has 11 heteroatoms. The molecule has 192 valence electrons. The van der Waals surface area contributed by atoms with E-state index in [1.54, 1.807) is 42.5 Å². The highest BCUT2D eigenvalue weighted by Gasteiger charge is 2.29. The van der Waals surface area contributed by atoms with Crippen molar-refractivity contribution < 1.29 is 29.1 Å². The molecule has 2 aromatic carbocycles. The topological polar surface area (TPSA) is 176 Å². The van der Waals surface area contributed by atoms with Crippen LogP contribution in [0.4, 0.5) is 0 Å². The lowest BCUT2D eigenvalue weighted by atomic mass is 10.0. The lowest BCUT2D eigenvalue weighted by molar-refractivity contribution is -0.146. The molecule has 0 aliphatic rings. The van der Waals surface area contributed by atoms with E-state index in [-0.39, 0.29) is 31.6 Å². The Bertz CT molecular complexity index is 1070. The van der Waals surface area contributed by atoms with E-state index in [2.05, 4.69) is 5.32 Å². The Morgan fingerprint density at radius 3 is 2.08 bits per heavy atom. The van der Waals surface area contributed by atoms with Gasteiger partial charge in [-0.15, -0.1) is 0 Å². The molecule has 0 bridgehead atoms. The van der Waals surface area contributed by atoms with Gasteiger partial charge in [-0.1, -0.05) is 42.5 Å². The van der Waals surface area contributed by atoms with E-state index in [0.717, 1.165) is 20.9 Å². The molecule has 0 aliphatic carbocycles. The molecule has 0 unspecified atom stereocenters. The number of nitrogens with one attached hydrogen (secondary N) is 1. The van der Waals surface area contributed by atoms with Crippen LogP contribution in [-0.2, 0) is 32.1 Å². The minimum Gasteiger partial charge on any atom is -0.480 e. The quantitative estimate of drug-likeness (QED) is 0.310. The van der Waals surface area contributed by atoms with Crippen LogP contribution in [0.5, 0.6) is 0 Å². The molecule has 4 amide bonds. The van der Waals surface area contributed by atoms with Gasteiger partial charge in [0.05, 0.1) is 6.54 Å². The van der Waals surface area contributed by atoms with Crippen LogP contribution < -0.4 is 16.8 Å². The molecule has 1 atom stereocenters. The number of hydrogen-bond acceptors (Lipinski definition) is 7. The van der Waals surface area contributed by atoms with Crippen molar-refractivity contribution >= 4 is 29.6 Å². The number of carboxylic acid groups (broad SMARTS) is 1. The zero-order valence-electron chi connectivity index (χ0n) is 20.1. The van der Waals surface area contributed by atoms with Crippen LogP contribution >= 0.6 is 0 Å². The number of aliphatic carboxylic acids is 1. The molecule has 11 nitrogen and oxygen atoms in total. The standard InChI is InChI=1S/C25H31N5O6/c1-17(31)28-21(13-18-5-3-2-4-6-18)25(36)29(16-23(33)34)11-12-30(22(32)15-27)24(35)20-9-7-19(14-26)8-10-20/h2-10,21H,11-16,26-27H2,1H3,(H,28,31)(H,33,34)/t21-/m0/s1. The van der Waals surface area contributed by atoms with Gasteiger partial charge >= 0.3 is 5.97 Å². The summed E-state index contributed by atoms with van der Waals surface area (Å²) in [4.78, 5) is 63.9. The summed E-state index contributed by atoms with van der Waals surface area (Å²) in [5.74, 6) is -3.73. The highest BCUT2D eigenvalue weighted by molar-refractivity contribution is 6.05. The second-order valence-electron chi connectivity index (χ2n) is 8.05. The maximum atomic E-state index is 13.3. The van der Waals surface area contributed by atoms with Crippen LogP contribution in [0.1, 0.15) is 28.4 Å². The molecule has 2 rings (SSSR count). The van der Waals surface area contributed by atoms with Crippen LogP contribution in [-0.4, -0.2) is 76.7 Å². The predicted molar refractivity (Wildman–Crippen MR) is 131 cm³/mol. The lowest BCUT2D eigenvalue weighted by Gasteiger charge is -2.29. The van der Waals surface area contributed by atoms with Crippen molar-refractivity contribution in [2.75, 3.05) is 26.2 Å². The van der Waals surface area contributed by atoms with Crippen LogP contribution in [0.25, 0.3) is 0 Å². The van der Waals surface area contributed by atoms with Gasteiger partial charge in [0.2, 0.25) is 17.7 Å². The number of benzene rings is 2. The maximum absolute atomic E-state index is 13.3. The molecule has 0 aromatic heterocycles. The molecule has 0 saturated heterocycles. The number of rotatable bonds is 12. The van der Waals surface area contributed by atoms with Crippen molar-refractivity contribution in [1.29, 1.82) is 0 Å². The molecule has 0 heterocycles. The Labute approximate surface area is 209 Å². The number of nitrogens with zero attached hydrogens (tertiary/aromatic N) is 2. The Morgan fingerprint density at radius 1 is 0.917 bits per heavy atom. The van der Waals surface area contributed by atoms with Gasteiger partial charge in [-0.25, -0.2) is 0 Å². The summed E-state index contributed by atoms with van der Waals surface area (Å²) in [6, 6.07) is 14.2. The molecule has 0 aliphatic heterocycles. The first-order valence-electron chi connectivity index (χ1n) is 11.3. The number of carbonyl (C=O) groups is 5. The Balaban J connectivity index is 2.25. The van der Waals surface area contributed by atoms with Gasteiger partial charge in [0, 0.05) is 38.5 Å². The average Bonchev–Trinajstić information content (AvgIpc) is 2.87. The Morgan fingerprint density at radius 2 is 1.56 bits per heavy atom. The summed E-state index contributed by atoms with van der Waals surface area (Å²) in [6.45, 7) is -0.164. The van der Waals surface area contributed by atoms with Crippen LogP contribution in [0.15, 0.2) is 54.6 Å².